The van der Waals surface area contributed by atoms with E-state index in [1.807, 2.05) is 30.3 Å². The number of hydrogen-bond donors (Lipinski definition) is 0. The molecule has 0 aliphatic heterocycles. The molecule has 0 N–H and O–H groups in total. The second-order valence-corrected chi connectivity index (χ2v) is 11.2. The summed E-state index contributed by atoms with van der Waals surface area (Å²) in [7, 11) is -1.67. The lowest BCUT2D eigenvalue weighted by Gasteiger charge is -2.17. The van der Waals surface area contributed by atoms with Crippen LogP contribution in [-0.4, -0.2) is 0 Å². The van der Waals surface area contributed by atoms with Crippen LogP contribution in [0.2, 0.25) is 0 Å². The van der Waals surface area contributed by atoms with Gasteiger partial charge in [-0.1, -0.05) is 70.3 Å². The van der Waals surface area contributed by atoms with Crippen LogP contribution in [0.3, 0.4) is 0 Å². The highest BCUT2D eigenvalue weighted by Crippen LogP contribution is 2.30. The van der Waals surface area contributed by atoms with Gasteiger partial charge in [-0.25, -0.2) is 0 Å². The van der Waals surface area contributed by atoms with E-state index in [4.69, 9.17) is 0 Å². The normalized spacial score (nSPS) is 11.5. The van der Waals surface area contributed by atoms with Gasteiger partial charge in [0.2, 0.25) is 0 Å². The van der Waals surface area contributed by atoms with Crippen LogP contribution in [0.25, 0.3) is 0 Å². The third kappa shape index (κ3) is 5.06. The zero-order chi connectivity index (χ0) is 24.4. The van der Waals surface area contributed by atoms with E-state index in [2.05, 4.69) is 84.0 Å². The Morgan fingerprint density at radius 2 is 1.06 bits per heavy atom. The fraction of sp³-hybridized carbons (Fsp3) is 0.250. The highest BCUT2D eigenvalue weighted by Gasteiger charge is 2.29. The highest BCUT2D eigenvalue weighted by atomic mass is 31.1. The van der Waals surface area contributed by atoms with Crippen molar-refractivity contribution >= 4 is 18.4 Å². The molecule has 0 aliphatic rings. The van der Waals surface area contributed by atoms with Crippen molar-refractivity contribution in [2.45, 2.75) is 54.4 Å². The molecule has 1 nitrogen and oxygen atoms in total. The van der Waals surface area contributed by atoms with Crippen LogP contribution in [-0.2, 0) is 17.4 Å². The molecule has 4 aromatic carbocycles. The summed E-state index contributed by atoms with van der Waals surface area (Å²) in [6.45, 7) is 13.1. The van der Waals surface area contributed by atoms with Gasteiger partial charge in [0.05, 0.1) is 0 Å². The monoisotopic (exact) mass is 465 g/mol. The average molecular weight is 466 g/mol. The van der Waals surface area contributed by atoms with Crippen molar-refractivity contribution in [2.75, 3.05) is 0 Å². The van der Waals surface area contributed by atoms with Crippen LogP contribution in [0.1, 0.15) is 55.6 Å². The van der Waals surface area contributed by atoms with E-state index in [1.165, 1.54) is 55.6 Å². The van der Waals surface area contributed by atoms with E-state index in [0.29, 0.717) is 0 Å². The van der Waals surface area contributed by atoms with Crippen LogP contribution in [0.15, 0.2) is 72.8 Å². The van der Waals surface area contributed by atoms with Crippen molar-refractivity contribution < 1.29 is 4.57 Å². The van der Waals surface area contributed by atoms with Gasteiger partial charge in [-0.2, -0.15) is 0 Å². The first-order valence-corrected chi connectivity index (χ1v) is 13.3. The van der Waals surface area contributed by atoms with E-state index in [-0.39, 0.29) is 0 Å². The minimum atomic E-state index is -1.67. The topological polar surface area (TPSA) is 17.1 Å². The Bertz CT molecular complexity index is 1320. The van der Waals surface area contributed by atoms with Gasteiger partial charge in [0.1, 0.15) is 0 Å². The molecule has 0 heterocycles. The minimum absolute atomic E-state index is 0.793. The van der Waals surface area contributed by atoms with Gasteiger partial charge in [0.25, 0.3) is 0 Å². The Labute approximate surface area is 205 Å². The Balaban J connectivity index is 1.88. The molecule has 1 unspecified atom stereocenters. The van der Waals surface area contributed by atoms with Crippen LogP contribution in [0, 0.1) is 41.5 Å². The molecule has 0 radical (unpaired) electrons. The summed E-state index contributed by atoms with van der Waals surface area (Å²) < 4.78 is 13.8. The van der Waals surface area contributed by atoms with E-state index < -0.39 is 7.80 Å². The first kappa shape index (κ1) is 24.1. The summed E-state index contributed by atoms with van der Waals surface area (Å²) in [5, 5.41) is 1.84. The van der Waals surface area contributed by atoms with Gasteiger partial charge in [-0.15, -0.1) is 0 Å². The summed E-state index contributed by atoms with van der Waals surface area (Å²) >= 11 is 0. The summed E-state index contributed by atoms with van der Waals surface area (Å²) in [6, 6.07) is 25.3. The van der Waals surface area contributed by atoms with Crippen LogP contribution in [0.5, 0.6) is 0 Å². The molecule has 4 rings (SSSR count). The molecule has 0 bridgehead atoms. The van der Waals surface area contributed by atoms with E-state index in [9.17, 15) is 4.57 Å². The van der Waals surface area contributed by atoms with E-state index in [1.54, 1.807) is 0 Å². The third-order valence-electron chi connectivity index (χ3n) is 6.86. The third-order valence-corrected chi connectivity index (χ3v) is 8.48. The molecule has 172 valence electrons. The Morgan fingerprint density at radius 3 is 1.59 bits per heavy atom. The van der Waals surface area contributed by atoms with E-state index in [0.717, 1.165) is 23.5 Å². The summed E-state index contributed by atoms with van der Waals surface area (Å²) in [4.78, 5) is 0. The van der Waals surface area contributed by atoms with E-state index >= 15 is 0 Å². The molecule has 0 aromatic heterocycles. The zero-order valence-corrected chi connectivity index (χ0v) is 22.1. The van der Waals surface area contributed by atoms with Crippen molar-refractivity contribution in [1.82, 2.24) is 0 Å². The van der Waals surface area contributed by atoms with Gasteiger partial charge in [-0.3, -0.25) is 0 Å². The lowest BCUT2D eigenvalue weighted by Crippen LogP contribution is -2.16. The maximum absolute atomic E-state index is 13.8. The molecule has 4 aromatic rings. The number of hydrogen-bond acceptors (Lipinski definition) is 1. The standard InChI is InChI=1S/C32H34OP/c1-21-15-23(3)29(24(4)16-21)19-27-11-10-14-32(34(33)28-12-8-7-9-13-28)31(27)20-30-25(5)17-22(2)18-26(30)6/h7-18H,19-20H2,1-6H3/q+1. The van der Waals surface area contributed by atoms with Crippen molar-refractivity contribution in [1.29, 1.82) is 0 Å². The second-order valence-electron chi connectivity index (χ2n) is 9.65. The van der Waals surface area contributed by atoms with Crippen LogP contribution in [0.4, 0.5) is 0 Å². The van der Waals surface area contributed by atoms with Gasteiger partial charge < -0.3 is 0 Å². The summed E-state index contributed by atoms with van der Waals surface area (Å²) in [5.74, 6) is 0. The van der Waals surface area contributed by atoms with Crippen molar-refractivity contribution in [2.24, 2.45) is 0 Å². The largest absolute Gasteiger partial charge is 0.415 e. The second kappa shape index (κ2) is 10.1. The maximum Gasteiger partial charge on any atom is 0.415 e. The SMILES string of the molecule is Cc1cc(C)c(Cc2cccc([P+](=O)c3ccccc3)c2Cc2c(C)cc(C)cc2C)c(C)c1. The van der Waals surface area contributed by atoms with Gasteiger partial charge >= 0.3 is 7.80 Å². The number of aryl methyl sites for hydroxylation is 6. The molecule has 0 amide bonds. The Morgan fingerprint density at radius 1 is 0.559 bits per heavy atom. The average Bonchev–Trinajstić information content (AvgIpc) is 2.79. The lowest BCUT2D eigenvalue weighted by molar-refractivity contribution is 0.598. The molecule has 2 heteroatoms. The Hall–Kier alpha value is -3.02. The fourth-order valence-corrected chi connectivity index (χ4v) is 6.64. The quantitative estimate of drug-likeness (QED) is 0.270. The molecule has 34 heavy (non-hydrogen) atoms. The zero-order valence-electron chi connectivity index (χ0n) is 21.2. The van der Waals surface area contributed by atoms with Gasteiger partial charge in [0, 0.05) is 12.0 Å². The van der Waals surface area contributed by atoms with Crippen LogP contribution < -0.4 is 10.6 Å². The summed E-state index contributed by atoms with van der Waals surface area (Å²) in [5.41, 5.74) is 13.0. The first-order chi connectivity index (χ1) is 16.2. The molecule has 0 spiro atoms. The predicted molar refractivity (Wildman–Crippen MR) is 147 cm³/mol. The first-order valence-electron chi connectivity index (χ1n) is 12.0. The lowest BCUT2D eigenvalue weighted by atomic mass is 9.88. The minimum Gasteiger partial charge on any atom is -0.0619 e. The number of rotatable bonds is 6. The molecule has 0 saturated carbocycles. The Kier molecular flexibility index (Phi) is 7.15. The number of benzene rings is 4. The predicted octanol–water partition coefficient (Wildman–Crippen LogP) is 7.50. The highest BCUT2D eigenvalue weighted by molar-refractivity contribution is 7.61. The van der Waals surface area contributed by atoms with Crippen LogP contribution >= 0.6 is 7.80 Å². The molecular formula is C32H34OP+. The maximum atomic E-state index is 13.8. The van der Waals surface area contributed by atoms with Crippen molar-refractivity contribution in [3.63, 3.8) is 0 Å². The smallest absolute Gasteiger partial charge is 0.0619 e. The molecule has 1 atom stereocenters. The van der Waals surface area contributed by atoms with Gasteiger partial charge in [0.15, 0.2) is 10.6 Å². The molecule has 0 saturated heterocycles. The fourth-order valence-electron chi connectivity index (χ4n) is 5.23. The molecule has 0 aliphatic carbocycles. The van der Waals surface area contributed by atoms with Crippen molar-refractivity contribution in [3.8, 4) is 0 Å². The van der Waals surface area contributed by atoms with Crippen molar-refractivity contribution in [3.05, 3.63) is 128 Å². The molecule has 0 fully saturated rings. The van der Waals surface area contributed by atoms with Gasteiger partial charge in [-0.05, 0) is 105 Å². The molecular weight excluding hydrogens is 431 g/mol. The summed E-state index contributed by atoms with van der Waals surface area (Å²) in [6.07, 6.45) is 1.64.